The molecule has 0 aliphatic carbocycles. The summed E-state index contributed by atoms with van der Waals surface area (Å²) in [5.41, 5.74) is 11.8. The fourth-order valence-electron chi connectivity index (χ4n) is 3.33. The van der Waals surface area contributed by atoms with Gasteiger partial charge in [0.1, 0.15) is 0 Å². The van der Waals surface area contributed by atoms with Gasteiger partial charge in [0, 0.05) is 12.1 Å². The minimum Gasteiger partial charge on any atom is -0.324 e. The first-order valence-corrected chi connectivity index (χ1v) is 7.14. The molecule has 0 saturated carbocycles. The van der Waals surface area contributed by atoms with Crippen molar-refractivity contribution in [2.24, 2.45) is 5.73 Å². The summed E-state index contributed by atoms with van der Waals surface area (Å²) in [6.07, 6.45) is 4.99. The van der Waals surface area contributed by atoms with Crippen LogP contribution in [0.4, 0.5) is 0 Å². The first-order chi connectivity index (χ1) is 8.58. The molecule has 2 atom stereocenters. The van der Waals surface area contributed by atoms with E-state index < -0.39 is 0 Å². The molecule has 3 N–H and O–H groups in total. The molecule has 0 radical (unpaired) electrons. The molecule has 2 nitrogen and oxygen atoms in total. The van der Waals surface area contributed by atoms with Crippen LogP contribution < -0.4 is 11.1 Å². The molecule has 1 fully saturated rings. The molecule has 1 heterocycles. The van der Waals surface area contributed by atoms with E-state index in [1.807, 2.05) is 0 Å². The predicted octanol–water partition coefficient (Wildman–Crippen LogP) is 3.14. The minimum atomic E-state index is 0.168. The van der Waals surface area contributed by atoms with Gasteiger partial charge in [0.25, 0.3) is 0 Å². The maximum absolute atomic E-state index is 6.44. The molecule has 1 aliphatic rings. The molecule has 2 unspecified atom stereocenters. The van der Waals surface area contributed by atoms with Crippen LogP contribution in [0.2, 0.25) is 0 Å². The number of aryl methyl sites for hydroxylation is 3. The standard InChI is InChI=1S/C16H26N2/c1-11-8-12(2)16(13(3)9-11)15(17)10-14-6-4-5-7-18-14/h8-9,14-15,18H,4-7,10,17H2,1-3H3. The number of nitrogens with one attached hydrogen (secondary N) is 1. The van der Waals surface area contributed by atoms with E-state index in [0.29, 0.717) is 6.04 Å². The van der Waals surface area contributed by atoms with Crippen molar-refractivity contribution in [3.05, 3.63) is 34.4 Å². The van der Waals surface area contributed by atoms with E-state index in [1.54, 1.807) is 0 Å². The second-order valence-electron chi connectivity index (χ2n) is 5.80. The predicted molar refractivity (Wildman–Crippen MR) is 77.8 cm³/mol. The maximum atomic E-state index is 6.44. The van der Waals surface area contributed by atoms with Crippen molar-refractivity contribution >= 4 is 0 Å². The third kappa shape index (κ3) is 3.12. The third-order valence-corrected chi connectivity index (χ3v) is 4.06. The Balaban J connectivity index is 2.10. The number of piperidine rings is 1. The number of rotatable bonds is 3. The molecule has 0 amide bonds. The summed E-state index contributed by atoms with van der Waals surface area (Å²) >= 11 is 0. The van der Waals surface area contributed by atoms with E-state index in [2.05, 4.69) is 38.2 Å². The van der Waals surface area contributed by atoms with Crippen LogP contribution in [0.15, 0.2) is 12.1 Å². The minimum absolute atomic E-state index is 0.168. The summed E-state index contributed by atoms with van der Waals surface area (Å²) in [4.78, 5) is 0. The van der Waals surface area contributed by atoms with Crippen LogP contribution in [0.25, 0.3) is 0 Å². The number of benzene rings is 1. The van der Waals surface area contributed by atoms with Crippen LogP contribution in [0.5, 0.6) is 0 Å². The van der Waals surface area contributed by atoms with Crippen molar-refractivity contribution in [3.8, 4) is 0 Å². The molecule has 2 rings (SSSR count). The summed E-state index contributed by atoms with van der Waals surface area (Å²) < 4.78 is 0. The van der Waals surface area contributed by atoms with E-state index in [1.165, 1.54) is 41.5 Å². The molecular formula is C16H26N2. The van der Waals surface area contributed by atoms with E-state index in [9.17, 15) is 0 Å². The summed E-state index contributed by atoms with van der Waals surface area (Å²) in [5.74, 6) is 0. The van der Waals surface area contributed by atoms with Crippen LogP contribution in [0.1, 0.15) is 54.0 Å². The van der Waals surface area contributed by atoms with Crippen LogP contribution in [0, 0.1) is 20.8 Å². The summed E-state index contributed by atoms with van der Waals surface area (Å²) in [6, 6.07) is 5.27. The lowest BCUT2D eigenvalue weighted by atomic mass is 9.89. The zero-order valence-corrected chi connectivity index (χ0v) is 11.9. The van der Waals surface area contributed by atoms with Crippen LogP contribution >= 0.6 is 0 Å². The molecule has 18 heavy (non-hydrogen) atoms. The Labute approximate surface area is 111 Å². The lowest BCUT2D eigenvalue weighted by molar-refractivity contribution is 0.361. The fourth-order valence-corrected chi connectivity index (χ4v) is 3.33. The van der Waals surface area contributed by atoms with Crippen LogP contribution in [0.3, 0.4) is 0 Å². The molecule has 0 spiro atoms. The van der Waals surface area contributed by atoms with Crippen LogP contribution in [-0.4, -0.2) is 12.6 Å². The largest absolute Gasteiger partial charge is 0.324 e. The lowest BCUT2D eigenvalue weighted by Gasteiger charge is -2.27. The van der Waals surface area contributed by atoms with Crippen molar-refractivity contribution in [2.45, 2.75) is 58.5 Å². The topological polar surface area (TPSA) is 38.0 Å². The highest BCUT2D eigenvalue weighted by molar-refractivity contribution is 5.39. The highest BCUT2D eigenvalue weighted by Gasteiger charge is 2.19. The third-order valence-electron chi connectivity index (χ3n) is 4.06. The quantitative estimate of drug-likeness (QED) is 0.860. The van der Waals surface area contributed by atoms with Gasteiger partial charge in [0.15, 0.2) is 0 Å². The van der Waals surface area contributed by atoms with Gasteiger partial charge in [-0.1, -0.05) is 24.1 Å². The summed E-state index contributed by atoms with van der Waals surface area (Å²) in [6.45, 7) is 7.67. The van der Waals surface area contributed by atoms with Crippen molar-refractivity contribution in [1.29, 1.82) is 0 Å². The van der Waals surface area contributed by atoms with Gasteiger partial charge in [-0.2, -0.15) is 0 Å². The Morgan fingerprint density at radius 2 is 1.89 bits per heavy atom. The molecule has 1 saturated heterocycles. The van der Waals surface area contributed by atoms with Gasteiger partial charge >= 0.3 is 0 Å². The van der Waals surface area contributed by atoms with E-state index in [4.69, 9.17) is 5.73 Å². The molecule has 2 heteroatoms. The second-order valence-corrected chi connectivity index (χ2v) is 5.80. The summed E-state index contributed by atoms with van der Waals surface area (Å²) in [7, 11) is 0. The molecule has 0 bridgehead atoms. The number of hydrogen-bond donors (Lipinski definition) is 2. The van der Waals surface area contributed by atoms with Crippen molar-refractivity contribution in [3.63, 3.8) is 0 Å². The van der Waals surface area contributed by atoms with E-state index in [-0.39, 0.29) is 6.04 Å². The van der Waals surface area contributed by atoms with Crippen molar-refractivity contribution < 1.29 is 0 Å². The monoisotopic (exact) mass is 246 g/mol. The Bertz CT molecular complexity index is 383. The highest BCUT2D eigenvalue weighted by Crippen LogP contribution is 2.26. The highest BCUT2D eigenvalue weighted by atomic mass is 14.9. The van der Waals surface area contributed by atoms with Gasteiger partial charge in [-0.15, -0.1) is 0 Å². The van der Waals surface area contributed by atoms with Crippen molar-refractivity contribution in [1.82, 2.24) is 5.32 Å². The SMILES string of the molecule is Cc1cc(C)c(C(N)CC2CCCCN2)c(C)c1. The zero-order chi connectivity index (χ0) is 13.1. The fraction of sp³-hybridized carbons (Fsp3) is 0.625. The van der Waals surface area contributed by atoms with E-state index >= 15 is 0 Å². The molecule has 1 aliphatic heterocycles. The maximum Gasteiger partial charge on any atom is 0.0315 e. The summed E-state index contributed by atoms with van der Waals surface area (Å²) in [5, 5.41) is 3.59. The van der Waals surface area contributed by atoms with Gasteiger partial charge in [-0.3, -0.25) is 0 Å². The molecule has 1 aromatic rings. The van der Waals surface area contributed by atoms with Crippen LogP contribution in [-0.2, 0) is 0 Å². The van der Waals surface area contributed by atoms with Gasteiger partial charge in [0.05, 0.1) is 0 Å². The normalized spacial score (nSPS) is 21.9. The molecule has 100 valence electrons. The molecular weight excluding hydrogens is 220 g/mol. The Hall–Kier alpha value is -0.860. The Morgan fingerprint density at radius 3 is 2.44 bits per heavy atom. The van der Waals surface area contributed by atoms with Crippen molar-refractivity contribution in [2.75, 3.05) is 6.54 Å². The van der Waals surface area contributed by atoms with Gasteiger partial charge in [0.2, 0.25) is 0 Å². The number of hydrogen-bond acceptors (Lipinski definition) is 2. The Morgan fingerprint density at radius 1 is 1.22 bits per heavy atom. The second kappa shape index (κ2) is 5.85. The van der Waals surface area contributed by atoms with E-state index in [0.717, 1.165) is 13.0 Å². The first kappa shape index (κ1) is 13.6. The molecule has 0 aromatic heterocycles. The van der Waals surface area contributed by atoms with Gasteiger partial charge < -0.3 is 11.1 Å². The number of nitrogens with two attached hydrogens (primary N) is 1. The smallest absolute Gasteiger partial charge is 0.0315 e. The van der Waals surface area contributed by atoms with Gasteiger partial charge in [-0.25, -0.2) is 0 Å². The zero-order valence-electron chi connectivity index (χ0n) is 11.9. The first-order valence-electron chi connectivity index (χ1n) is 7.14. The van der Waals surface area contributed by atoms with Gasteiger partial charge in [-0.05, 0) is 63.3 Å². The average Bonchev–Trinajstić information content (AvgIpc) is 2.28. The molecule has 1 aromatic carbocycles. The lowest BCUT2D eigenvalue weighted by Crippen LogP contribution is -2.36. The average molecular weight is 246 g/mol. The Kier molecular flexibility index (Phi) is 4.41.